The molecule has 1 aromatic rings. The summed E-state index contributed by atoms with van der Waals surface area (Å²) in [5, 5.41) is 12.3. The highest BCUT2D eigenvalue weighted by atomic mass is 32.1. The summed E-state index contributed by atoms with van der Waals surface area (Å²) in [6.07, 6.45) is 0.621. The number of hydrogen-bond acceptors (Lipinski definition) is 5. The standard InChI is InChI=1S/C12H22N2O2S/c1-9(15)5-6-14(3)7-11-8-17-12(13-11)10(2)16-4/h8-10,15H,5-7H2,1-4H3. The highest BCUT2D eigenvalue weighted by Crippen LogP contribution is 2.20. The van der Waals surface area contributed by atoms with Gasteiger partial charge in [0.2, 0.25) is 0 Å². The van der Waals surface area contributed by atoms with Crippen LogP contribution < -0.4 is 0 Å². The molecule has 2 atom stereocenters. The number of rotatable bonds is 7. The van der Waals surface area contributed by atoms with E-state index in [-0.39, 0.29) is 12.2 Å². The molecule has 0 radical (unpaired) electrons. The van der Waals surface area contributed by atoms with Crippen LogP contribution in [0.1, 0.15) is 37.1 Å². The second-order valence-electron chi connectivity index (χ2n) is 4.43. The molecule has 0 bridgehead atoms. The molecule has 1 N–H and O–H groups in total. The number of aromatic nitrogens is 1. The molecule has 0 saturated carbocycles. The summed E-state index contributed by atoms with van der Waals surface area (Å²) in [6.45, 7) is 5.51. The third kappa shape index (κ3) is 5.12. The minimum absolute atomic E-state index is 0.0662. The topological polar surface area (TPSA) is 45.6 Å². The Morgan fingerprint density at radius 2 is 2.24 bits per heavy atom. The van der Waals surface area contributed by atoms with Gasteiger partial charge in [-0.15, -0.1) is 11.3 Å². The van der Waals surface area contributed by atoms with E-state index in [1.807, 2.05) is 20.9 Å². The quantitative estimate of drug-likeness (QED) is 0.813. The van der Waals surface area contributed by atoms with Crippen LogP contribution in [-0.4, -0.2) is 41.8 Å². The average Bonchev–Trinajstić information content (AvgIpc) is 2.73. The molecule has 0 fully saturated rings. The molecular weight excluding hydrogens is 236 g/mol. The van der Waals surface area contributed by atoms with Gasteiger partial charge in [-0.2, -0.15) is 0 Å². The molecule has 1 aromatic heterocycles. The van der Waals surface area contributed by atoms with Crippen LogP contribution >= 0.6 is 11.3 Å². The van der Waals surface area contributed by atoms with Crippen LogP contribution in [0, 0.1) is 0 Å². The van der Waals surface area contributed by atoms with Crippen molar-refractivity contribution in [2.45, 2.75) is 39.0 Å². The lowest BCUT2D eigenvalue weighted by atomic mass is 10.3. The van der Waals surface area contributed by atoms with Crippen LogP contribution in [-0.2, 0) is 11.3 Å². The summed E-state index contributed by atoms with van der Waals surface area (Å²) in [5.74, 6) is 0. The van der Waals surface area contributed by atoms with Gasteiger partial charge in [-0.25, -0.2) is 4.98 Å². The van der Waals surface area contributed by atoms with Crippen molar-refractivity contribution >= 4 is 11.3 Å². The highest BCUT2D eigenvalue weighted by molar-refractivity contribution is 7.09. The molecule has 4 nitrogen and oxygen atoms in total. The van der Waals surface area contributed by atoms with Crippen LogP contribution in [0.4, 0.5) is 0 Å². The number of thiazole rings is 1. The SMILES string of the molecule is COC(C)c1nc(CN(C)CCC(C)O)cs1. The molecular formula is C12H22N2O2S. The Morgan fingerprint density at radius 1 is 1.53 bits per heavy atom. The number of nitrogens with zero attached hydrogens (tertiary/aromatic N) is 2. The van der Waals surface area contributed by atoms with Crippen LogP contribution in [0.2, 0.25) is 0 Å². The van der Waals surface area contributed by atoms with E-state index in [9.17, 15) is 5.11 Å². The molecule has 2 unspecified atom stereocenters. The fourth-order valence-corrected chi connectivity index (χ4v) is 2.29. The molecule has 98 valence electrons. The van der Waals surface area contributed by atoms with E-state index in [2.05, 4.69) is 15.3 Å². The van der Waals surface area contributed by atoms with Crippen molar-refractivity contribution in [1.82, 2.24) is 9.88 Å². The molecule has 17 heavy (non-hydrogen) atoms. The number of methoxy groups -OCH3 is 1. The molecule has 0 spiro atoms. The third-order valence-electron chi connectivity index (χ3n) is 2.63. The van der Waals surface area contributed by atoms with Crippen molar-refractivity contribution in [3.8, 4) is 0 Å². The zero-order chi connectivity index (χ0) is 12.8. The van der Waals surface area contributed by atoms with E-state index in [1.54, 1.807) is 18.4 Å². The Bertz CT molecular complexity index is 328. The van der Waals surface area contributed by atoms with Crippen molar-refractivity contribution in [2.24, 2.45) is 0 Å². The van der Waals surface area contributed by atoms with Crippen molar-refractivity contribution in [1.29, 1.82) is 0 Å². The summed E-state index contributed by atoms with van der Waals surface area (Å²) >= 11 is 1.64. The van der Waals surface area contributed by atoms with E-state index in [0.29, 0.717) is 0 Å². The summed E-state index contributed by atoms with van der Waals surface area (Å²) < 4.78 is 5.23. The highest BCUT2D eigenvalue weighted by Gasteiger charge is 2.10. The summed E-state index contributed by atoms with van der Waals surface area (Å²) in [4.78, 5) is 6.71. The minimum atomic E-state index is -0.239. The van der Waals surface area contributed by atoms with Crippen LogP contribution in [0.3, 0.4) is 0 Å². The van der Waals surface area contributed by atoms with Gasteiger partial charge in [0, 0.05) is 25.6 Å². The number of ether oxygens (including phenoxy) is 1. The van der Waals surface area contributed by atoms with E-state index in [0.717, 1.165) is 30.2 Å². The van der Waals surface area contributed by atoms with Gasteiger partial charge >= 0.3 is 0 Å². The van der Waals surface area contributed by atoms with E-state index < -0.39 is 0 Å². The Balaban J connectivity index is 2.43. The molecule has 1 heterocycles. The zero-order valence-corrected chi connectivity index (χ0v) is 11.8. The smallest absolute Gasteiger partial charge is 0.122 e. The van der Waals surface area contributed by atoms with Gasteiger partial charge in [0.15, 0.2) is 0 Å². The Kier molecular flexibility index (Phi) is 6.05. The molecule has 0 aliphatic rings. The second kappa shape index (κ2) is 7.06. The van der Waals surface area contributed by atoms with Crippen molar-refractivity contribution in [2.75, 3.05) is 20.7 Å². The second-order valence-corrected chi connectivity index (χ2v) is 5.32. The molecule has 5 heteroatoms. The average molecular weight is 258 g/mol. The fraction of sp³-hybridized carbons (Fsp3) is 0.750. The number of aliphatic hydroxyl groups excluding tert-OH is 1. The monoisotopic (exact) mass is 258 g/mol. The predicted octanol–water partition coefficient (Wildman–Crippen LogP) is 2.05. The predicted molar refractivity (Wildman–Crippen MR) is 70.2 cm³/mol. The molecule has 0 saturated heterocycles. The normalized spacial score (nSPS) is 15.2. The van der Waals surface area contributed by atoms with Crippen LogP contribution in [0.25, 0.3) is 0 Å². The van der Waals surface area contributed by atoms with Gasteiger partial charge in [0.05, 0.1) is 11.8 Å². The van der Waals surface area contributed by atoms with Crippen molar-refractivity contribution in [3.63, 3.8) is 0 Å². The maximum Gasteiger partial charge on any atom is 0.122 e. The largest absolute Gasteiger partial charge is 0.393 e. The van der Waals surface area contributed by atoms with Gasteiger partial charge < -0.3 is 14.7 Å². The molecule has 1 rings (SSSR count). The van der Waals surface area contributed by atoms with Gasteiger partial charge in [0.25, 0.3) is 0 Å². The lowest BCUT2D eigenvalue weighted by Gasteiger charge is -2.16. The summed E-state index contributed by atoms with van der Waals surface area (Å²) in [6, 6.07) is 0. The maximum absolute atomic E-state index is 9.22. The summed E-state index contributed by atoms with van der Waals surface area (Å²) in [5.41, 5.74) is 1.07. The minimum Gasteiger partial charge on any atom is -0.393 e. The first-order valence-corrected chi connectivity index (χ1v) is 6.74. The van der Waals surface area contributed by atoms with Crippen LogP contribution in [0.15, 0.2) is 5.38 Å². The van der Waals surface area contributed by atoms with E-state index >= 15 is 0 Å². The lowest BCUT2D eigenvalue weighted by molar-refractivity contribution is 0.119. The molecule has 0 aliphatic carbocycles. The Labute approximate surface area is 107 Å². The lowest BCUT2D eigenvalue weighted by Crippen LogP contribution is -2.22. The first kappa shape index (κ1) is 14.6. The van der Waals surface area contributed by atoms with E-state index in [4.69, 9.17) is 4.74 Å². The summed E-state index contributed by atoms with van der Waals surface area (Å²) in [7, 11) is 3.74. The van der Waals surface area contributed by atoms with Crippen LogP contribution in [0.5, 0.6) is 0 Å². The van der Waals surface area contributed by atoms with Gasteiger partial charge in [-0.05, 0) is 27.3 Å². The maximum atomic E-state index is 9.22. The first-order chi connectivity index (χ1) is 8.02. The Morgan fingerprint density at radius 3 is 2.82 bits per heavy atom. The molecule has 0 amide bonds. The third-order valence-corrected chi connectivity index (χ3v) is 3.69. The zero-order valence-electron chi connectivity index (χ0n) is 11.0. The van der Waals surface area contributed by atoms with Crippen molar-refractivity contribution in [3.05, 3.63) is 16.1 Å². The Hall–Kier alpha value is -0.490. The first-order valence-electron chi connectivity index (χ1n) is 5.86. The molecule has 0 aliphatic heterocycles. The number of hydrogen-bond donors (Lipinski definition) is 1. The fourth-order valence-electron chi connectivity index (χ4n) is 1.45. The van der Waals surface area contributed by atoms with Gasteiger partial charge in [-0.1, -0.05) is 0 Å². The van der Waals surface area contributed by atoms with Gasteiger partial charge in [-0.3, -0.25) is 0 Å². The van der Waals surface area contributed by atoms with E-state index in [1.165, 1.54) is 0 Å². The number of aliphatic hydroxyl groups is 1. The van der Waals surface area contributed by atoms with Gasteiger partial charge in [0.1, 0.15) is 11.1 Å². The molecule has 0 aromatic carbocycles. The van der Waals surface area contributed by atoms with Crippen molar-refractivity contribution < 1.29 is 9.84 Å².